The van der Waals surface area contributed by atoms with E-state index in [0.29, 0.717) is 32.7 Å². The van der Waals surface area contributed by atoms with Crippen molar-refractivity contribution in [3.05, 3.63) is 0 Å². The molecule has 4 N–H and O–H groups in total. The largest absolute Gasteiger partial charge is 0.383 e. The zero-order chi connectivity index (χ0) is 13.8. The highest BCUT2D eigenvalue weighted by Crippen LogP contribution is 2.04. The number of nitrogens with two attached hydrogens (primary N) is 1. The van der Waals surface area contributed by atoms with Gasteiger partial charge < -0.3 is 21.1 Å². The monoisotopic (exact) mass is 259 g/mol. The Morgan fingerprint density at radius 2 is 2.00 bits per heavy atom. The Kier molecular flexibility index (Phi) is 10.3. The van der Waals surface area contributed by atoms with E-state index < -0.39 is 0 Å². The minimum Gasteiger partial charge on any atom is -0.383 e. The quantitative estimate of drug-likeness (QED) is 0.467. The predicted octanol–water partition coefficient (Wildman–Crippen LogP) is -0.370. The first-order valence-corrected chi connectivity index (χ1v) is 6.35. The van der Waals surface area contributed by atoms with E-state index in [4.69, 9.17) is 10.5 Å². The van der Waals surface area contributed by atoms with E-state index in [9.17, 15) is 9.59 Å². The normalized spacial score (nSPS) is 11.9. The zero-order valence-electron chi connectivity index (χ0n) is 11.3. The summed E-state index contributed by atoms with van der Waals surface area (Å²) >= 11 is 0. The molecule has 0 aliphatic carbocycles. The molecule has 6 nitrogen and oxygen atoms in total. The van der Waals surface area contributed by atoms with Gasteiger partial charge >= 0.3 is 0 Å². The highest BCUT2D eigenvalue weighted by atomic mass is 16.5. The van der Waals surface area contributed by atoms with Crippen molar-refractivity contribution >= 4 is 11.8 Å². The average Bonchev–Trinajstić information content (AvgIpc) is 2.36. The molecule has 18 heavy (non-hydrogen) atoms. The smallest absolute Gasteiger partial charge is 0.222 e. The summed E-state index contributed by atoms with van der Waals surface area (Å²) in [6.07, 6.45) is 1.91. The van der Waals surface area contributed by atoms with Gasteiger partial charge in [-0.05, 0) is 19.4 Å². The Morgan fingerprint density at radius 1 is 1.28 bits per heavy atom. The van der Waals surface area contributed by atoms with Crippen LogP contribution in [0.5, 0.6) is 0 Å². The lowest BCUT2D eigenvalue weighted by atomic mass is 10.1. The summed E-state index contributed by atoms with van der Waals surface area (Å²) in [5.74, 6) is -0.153. The molecule has 2 amide bonds. The van der Waals surface area contributed by atoms with Gasteiger partial charge in [-0.1, -0.05) is 6.92 Å². The van der Waals surface area contributed by atoms with Crippen LogP contribution in [0.1, 0.15) is 26.2 Å². The Morgan fingerprint density at radius 3 is 2.61 bits per heavy atom. The van der Waals surface area contributed by atoms with Crippen LogP contribution in [-0.4, -0.2) is 45.2 Å². The fourth-order valence-corrected chi connectivity index (χ4v) is 1.41. The highest BCUT2D eigenvalue weighted by Gasteiger charge is 2.11. The number of rotatable bonds is 10. The van der Waals surface area contributed by atoms with Gasteiger partial charge in [0, 0.05) is 32.5 Å². The molecule has 0 radical (unpaired) electrons. The van der Waals surface area contributed by atoms with Crippen molar-refractivity contribution in [3.8, 4) is 0 Å². The lowest BCUT2D eigenvalue weighted by Crippen LogP contribution is -2.34. The molecule has 0 heterocycles. The van der Waals surface area contributed by atoms with E-state index >= 15 is 0 Å². The molecular formula is C12H25N3O3. The van der Waals surface area contributed by atoms with E-state index in [2.05, 4.69) is 10.6 Å². The molecule has 1 unspecified atom stereocenters. The molecule has 0 aromatic rings. The van der Waals surface area contributed by atoms with Gasteiger partial charge in [-0.25, -0.2) is 0 Å². The molecule has 106 valence electrons. The molecule has 0 saturated heterocycles. The SMILES string of the molecule is COCCNC(=O)CCNC(=O)C(C)CCCN. The number of hydrogen-bond acceptors (Lipinski definition) is 4. The van der Waals surface area contributed by atoms with Crippen molar-refractivity contribution in [2.45, 2.75) is 26.2 Å². The highest BCUT2D eigenvalue weighted by molar-refractivity contribution is 5.80. The number of carbonyl (C=O) groups excluding carboxylic acids is 2. The topological polar surface area (TPSA) is 93.5 Å². The first-order valence-electron chi connectivity index (χ1n) is 6.35. The molecule has 0 rings (SSSR count). The summed E-state index contributed by atoms with van der Waals surface area (Å²) in [6.45, 7) is 3.82. The molecule has 0 fully saturated rings. The third-order valence-electron chi connectivity index (χ3n) is 2.57. The van der Waals surface area contributed by atoms with Crippen LogP contribution >= 0.6 is 0 Å². The molecular weight excluding hydrogens is 234 g/mol. The van der Waals surface area contributed by atoms with Crippen molar-refractivity contribution in [2.24, 2.45) is 11.7 Å². The van der Waals surface area contributed by atoms with Gasteiger partial charge in [-0.2, -0.15) is 0 Å². The fraction of sp³-hybridized carbons (Fsp3) is 0.833. The third kappa shape index (κ3) is 8.95. The molecule has 0 bridgehead atoms. The number of hydrogen-bond donors (Lipinski definition) is 3. The van der Waals surface area contributed by atoms with Gasteiger partial charge in [0.25, 0.3) is 0 Å². The van der Waals surface area contributed by atoms with Crippen LogP contribution in [0.4, 0.5) is 0 Å². The second-order valence-electron chi connectivity index (χ2n) is 4.22. The Hall–Kier alpha value is -1.14. The zero-order valence-corrected chi connectivity index (χ0v) is 11.3. The first-order chi connectivity index (χ1) is 8.61. The number of nitrogens with one attached hydrogen (secondary N) is 2. The van der Waals surface area contributed by atoms with Crippen molar-refractivity contribution in [1.82, 2.24) is 10.6 Å². The maximum absolute atomic E-state index is 11.6. The van der Waals surface area contributed by atoms with Crippen LogP contribution < -0.4 is 16.4 Å². The van der Waals surface area contributed by atoms with Crippen molar-refractivity contribution < 1.29 is 14.3 Å². The van der Waals surface area contributed by atoms with Crippen LogP contribution in [-0.2, 0) is 14.3 Å². The van der Waals surface area contributed by atoms with Gasteiger partial charge in [0.2, 0.25) is 11.8 Å². The van der Waals surface area contributed by atoms with Gasteiger partial charge in [0.15, 0.2) is 0 Å². The summed E-state index contributed by atoms with van der Waals surface area (Å²) in [4.78, 5) is 22.9. The lowest BCUT2D eigenvalue weighted by molar-refractivity contribution is -0.125. The van der Waals surface area contributed by atoms with Gasteiger partial charge in [0.05, 0.1) is 6.61 Å². The summed E-state index contributed by atoms with van der Waals surface area (Å²) in [7, 11) is 1.58. The van der Waals surface area contributed by atoms with Crippen LogP contribution in [0.15, 0.2) is 0 Å². The summed E-state index contributed by atoms with van der Waals surface area (Å²) in [5, 5.41) is 5.43. The Balaban J connectivity index is 3.57. The molecule has 6 heteroatoms. The Bertz CT molecular complexity index is 247. The minimum absolute atomic E-state index is 0.0202. The van der Waals surface area contributed by atoms with Crippen LogP contribution in [0.2, 0.25) is 0 Å². The van der Waals surface area contributed by atoms with E-state index in [-0.39, 0.29) is 17.7 Å². The second-order valence-corrected chi connectivity index (χ2v) is 4.22. The molecule has 0 saturated carbocycles. The first kappa shape index (κ1) is 16.9. The second kappa shape index (κ2) is 11.0. The summed E-state index contributed by atoms with van der Waals surface area (Å²) < 4.78 is 4.81. The molecule has 0 aliphatic heterocycles. The van der Waals surface area contributed by atoms with E-state index in [1.165, 1.54) is 0 Å². The number of carbonyl (C=O) groups is 2. The third-order valence-corrected chi connectivity index (χ3v) is 2.57. The van der Waals surface area contributed by atoms with Crippen molar-refractivity contribution in [3.63, 3.8) is 0 Å². The lowest BCUT2D eigenvalue weighted by Gasteiger charge is -2.11. The van der Waals surface area contributed by atoms with Crippen LogP contribution in [0.25, 0.3) is 0 Å². The van der Waals surface area contributed by atoms with Crippen LogP contribution in [0, 0.1) is 5.92 Å². The number of amides is 2. The van der Waals surface area contributed by atoms with Crippen molar-refractivity contribution in [1.29, 1.82) is 0 Å². The predicted molar refractivity (Wildman–Crippen MR) is 70.0 cm³/mol. The summed E-state index contributed by atoms with van der Waals surface area (Å²) in [5.41, 5.74) is 5.38. The molecule has 0 spiro atoms. The van der Waals surface area contributed by atoms with E-state index in [1.54, 1.807) is 7.11 Å². The number of methoxy groups -OCH3 is 1. The van der Waals surface area contributed by atoms with Crippen LogP contribution in [0.3, 0.4) is 0 Å². The van der Waals surface area contributed by atoms with Crippen molar-refractivity contribution in [2.75, 3.05) is 33.4 Å². The minimum atomic E-state index is -0.0815. The molecule has 0 aromatic heterocycles. The van der Waals surface area contributed by atoms with Gasteiger partial charge in [-0.3, -0.25) is 9.59 Å². The number of ether oxygens (including phenoxy) is 1. The molecule has 1 atom stereocenters. The van der Waals surface area contributed by atoms with E-state index in [0.717, 1.165) is 12.8 Å². The maximum Gasteiger partial charge on any atom is 0.222 e. The van der Waals surface area contributed by atoms with E-state index in [1.807, 2.05) is 6.92 Å². The molecule has 0 aliphatic rings. The standard InChI is InChI=1S/C12H25N3O3/c1-10(4-3-6-13)12(17)15-7-5-11(16)14-8-9-18-2/h10H,3-9,13H2,1-2H3,(H,14,16)(H,15,17). The molecule has 0 aromatic carbocycles. The average molecular weight is 259 g/mol. The summed E-state index contributed by atoms with van der Waals surface area (Å²) in [6, 6.07) is 0. The Labute approximate surface area is 109 Å². The maximum atomic E-state index is 11.6. The van der Waals surface area contributed by atoms with Gasteiger partial charge in [0.1, 0.15) is 0 Å². The fourth-order valence-electron chi connectivity index (χ4n) is 1.41. The van der Waals surface area contributed by atoms with Gasteiger partial charge in [-0.15, -0.1) is 0 Å².